The fourth-order valence-electron chi connectivity index (χ4n) is 1.80. The number of aromatic nitrogens is 2. The topological polar surface area (TPSA) is 83.1 Å². The van der Waals surface area contributed by atoms with Crippen molar-refractivity contribution in [2.45, 2.75) is 26.1 Å². The summed E-state index contributed by atoms with van der Waals surface area (Å²) in [6.07, 6.45) is 3.12. The number of hydrogen-bond donors (Lipinski definition) is 2. The molecule has 2 rings (SSSR count). The quantitative estimate of drug-likeness (QED) is 0.810. The Morgan fingerprint density at radius 2 is 2.19 bits per heavy atom. The molecule has 6 heteroatoms. The second kappa shape index (κ2) is 7.31. The second-order valence-electron chi connectivity index (χ2n) is 4.60. The first-order valence-corrected chi connectivity index (χ1v) is 6.73. The van der Waals surface area contributed by atoms with Crippen LogP contribution in [0.5, 0.6) is 5.75 Å². The van der Waals surface area contributed by atoms with Crippen molar-refractivity contribution in [3.63, 3.8) is 0 Å². The van der Waals surface area contributed by atoms with Crippen LogP contribution in [-0.2, 0) is 13.1 Å². The first-order chi connectivity index (χ1) is 10.2. The van der Waals surface area contributed by atoms with Gasteiger partial charge in [-0.15, -0.1) is 0 Å². The SMILES string of the molecule is CC(C#N)Oc1ccc(CNc2cnn(CCO)c2)cc1. The molecule has 0 saturated carbocycles. The van der Waals surface area contributed by atoms with Gasteiger partial charge in [0.2, 0.25) is 0 Å². The minimum Gasteiger partial charge on any atom is -0.476 e. The Kier molecular flexibility index (Phi) is 5.18. The fraction of sp³-hybridized carbons (Fsp3) is 0.333. The van der Waals surface area contributed by atoms with E-state index in [0.717, 1.165) is 11.3 Å². The first-order valence-electron chi connectivity index (χ1n) is 6.73. The van der Waals surface area contributed by atoms with Crippen LogP contribution >= 0.6 is 0 Å². The van der Waals surface area contributed by atoms with Crippen molar-refractivity contribution in [2.24, 2.45) is 0 Å². The summed E-state index contributed by atoms with van der Waals surface area (Å²) in [5.74, 6) is 0.684. The fourth-order valence-corrected chi connectivity index (χ4v) is 1.80. The molecular formula is C15H18N4O2. The number of benzene rings is 1. The molecule has 0 aliphatic carbocycles. The van der Waals surface area contributed by atoms with Crippen molar-refractivity contribution < 1.29 is 9.84 Å². The zero-order valence-corrected chi connectivity index (χ0v) is 11.9. The van der Waals surface area contributed by atoms with Crippen molar-refractivity contribution >= 4 is 5.69 Å². The first kappa shape index (κ1) is 14.9. The van der Waals surface area contributed by atoms with Gasteiger partial charge in [-0.25, -0.2) is 0 Å². The molecule has 110 valence electrons. The molecule has 0 radical (unpaired) electrons. The normalized spacial score (nSPS) is 11.7. The molecule has 1 unspecified atom stereocenters. The van der Waals surface area contributed by atoms with Gasteiger partial charge >= 0.3 is 0 Å². The van der Waals surface area contributed by atoms with E-state index in [1.54, 1.807) is 17.8 Å². The highest BCUT2D eigenvalue weighted by Gasteiger charge is 2.02. The Morgan fingerprint density at radius 3 is 2.86 bits per heavy atom. The lowest BCUT2D eigenvalue weighted by Crippen LogP contribution is -2.08. The van der Waals surface area contributed by atoms with Crippen molar-refractivity contribution in [3.8, 4) is 11.8 Å². The van der Waals surface area contributed by atoms with E-state index >= 15 is 0 Å². The van der Waals surface area contributed by atoms with Gasteiger partial charge in [0, 0.05) is 12.7 Å². The van der Waals surface area contributed by atoms with E-state index in [-0.39, 0.29) is 6.61 Å². The lowest BCUT2D eigenvalue weighted by molar-refractivity contribution is 0.269. The maximum Gasteiger partial charge on any atom is 0.181 e. The molecule has 1 atom stereocenters. The summed E-state index contributed by atoms with van der Waals surface area (Å²) in [5.41, 5.74) is 2.00. The van der Waals surface area contributed by atoms with Gasteiger partial charge in [0.05, 0.1) is 25.0 Å². The minimum absolute atomic E-state index is 0.0731. The van der Waals surface area contributed by atoms with Crippen LogP contribution in [0.15, 0.2) is 36.7 Å². The van der Waals surface area contributed by atoms with E-state index < -0.39 is 6.10 Å². The summed E-state index contributed by atoms with van der Waals surface area (Å²) in [5, 5.41) is 24.9. The van der Waals surface area contributed by atoms with Crippen molar-refractivity contribution in [1.29, 1.82) is 5.26 Å². The van der Waals surface area contributed by atoms with Crippen LogP contribution in [0.25, 0.3) is 0 Å². The van der Waals surface area contributed by atoms with E-state index in [9.17, 15) is 0 Å². The molecule has 21 heavy (non-hydrogen) atoms. The largest absolute Gasteiger partial charge is 0.476 e. The molecule has 0 saturated heterocycles. The molecule has 0 bridgehead atoms. The summed E-state index contributed by atoms with van der Waals surface area (Å²) < 4.78 is 7.08. The van der Waals surface area contributed by atoms with Crippen molar-refractivity contribution in [1.82, 2.24) is 9.78 Å². The number of aliphatic hydroxyl groups is 1. The number of nitriles is 1. The smallest absolute Gasteiger partial charge is 0.181 e. The molecule has 0 aliphatic rings. The van der Waals surface area contributed by atoms with Crippen LogP contribution in [0.1, 0.15) is 12.5 Å². The summed E-state index contributed by atoms with van der Waals surface area (Å²) in [6.45, 7) is 2.94. The minimum atomic E-state index is -0.452. The monoisotopic (exact) mass is 286 g/mol. The van der Waals surface area contributed by atoms with Crippen molar-refractivity contribution in [3.05, 3.63) is 42.2 Å². The van der Waals surface area contributed by atoms with Gasteiger partial charge in [0.15, 0.2) is 6.10 Å². The van der Waals surface area contributed by atoms with Gasteiger partial charge in [0.1, 0.15) is 11.8 Å². The molecule has 2 aromatic rings. The maximum atomic E-state index is 8.83. The summed E-state index contributed by atoms with van der Waals surface area (Å²) >= 11 is 0. The molecule has 1 aromatic carbocycles. The Balaban J connectivity index is 1.87. The van der Waals surface area contributed by atoms with Gasteiger partial charge in [-0.05, 0) is 24.6 Å². The highest BCUT2D eigenvalue weighted by molar-refractivity contribution is 5.39. The summed E-state index contributed by atoms with van der Waals surface area (Å²) in [4.78, 5) is 0. The van der Waals surface area contributed by atoms with E-state index in [2.05, 4.69) is 10.4 Å². The third-order valence-electron chi connectivity index (χ3n) is 2.88. The zero-order valence-electron chi connectivity index (χ0n) is 11.9. The van der Waals surface area contributed by atoms with Gasteiger partial charge < -0.3 is 15.2 Å². The summed E-state index contributed by atoms with van der Waals surface area (Å²) in [6, 6.07) is 9.62. The Hall–Kier alpha value is -2.52. The Morgan fingerprint density at radius 1 is 1.43 bits per heavy atom. The second-order valence-corrected chi connectivity index (χ2v) is 4.60. The van der Waals surface area contributed by atoms with E-state index in [1.807, 2.05) is 36.5 Å². The molecular weight excluding hydrogens is 268 g/mol. The van der Waals surface area contributed by atoms with Crippen LogP contribution in [0.2, 0.25) is 0 Å². The maximum absolute atomic E-state index is 8.83. The Labute approximate surface area is 123 Å². The van der Waals surface area contributed by atoms with Gasteiger partial charge in [-0.3, -0.25) is 4.68 Å². The highest BCUT2D eigenvalue weighted by Crippen LogP contribution is 2.15. The van der Waals surface area contributed by atoms with E-state index in [1.165, 1.54) is 0 Å². The van der Waals surface area contributed by atoms with Gasteiger partial charge in [0.25, 0.3) is 0 Å². The van der Waals surface area contributed by atoms with Crippen molar-refractivity contribution in [2.75, 3.05) is 11.9 Å². The molecule has 0 spiro atoms. The van der Waals surface area contributed by atoms with E-state index in [0.29, 0.717) is 18.8 Å². The molecule has 0 fully saturated rings. The van der Waals surface area contributed by atoms with Crippen LogP contribution < -0.4 is 10.1 Å². The van der Waals surface area contributed by atoms with Crippen LogP contribution in [0, 0.1) is 11.3 Å². The number of nitrogens with one attached hydrogen (secondary N) is 1. The third-order valence-corrected chi connectivity index (χ3v) is 2.88. The Bertz CT molecular complexity index is 601. The molecule has 0 amide bonds. The standard InChI is InChI=1S/C15H18N4O2/c1-12(8-16)21-15-4-2-13(3-5-15)9-17-14-10-18-19(11-14)6-7-20/h2-5,10-12,17,20H,6-7,9H2,1H3. The van der Waals surface area contributed by atoms with Crippen LogP contribution in [-0.4, -0.2) is 27.6 Å². The predicted octanol–water partition coefficient (Wildman–Crippen LogP) is 1.78. The number of aliphatic hydroxyl groups excluding tert-OH is 1. The number of anilines is 1. The predicted molar refractivity (Wildman–Crippen MR) is 78.8 cm³/mol. The molecule has 0 aliphatic heterocycles. The number of nitrogens with zero attached hydrogens (tertiary/aromatic N) is 3. The lowest BCUT2D eigenvalue weighted by Gasteiger charge is -2.08. The molecule has 2 N–H and O–H groups in total. The van der Waals surface area contributed by atoms with Gasteiger partial charge in [-0.2, -0.15) is 10.4 Å². The third kappa shape index (κ3) is 4.51. The zero-order chi connectivity index (χ0) is 15.1. The van der Waals surface area contributed by atoms with E-state index in [4.69, 9.17) is 15.1 Å². The van der Waals surface area contributed by atoms with Gasteiger partial charge in [-0.1, -0.05) is 12.1 Å². The number of hydrogen-bond acceptors (Lipinski definition) is 5. The molecule has 6 nitrogen and oxygen atoms in total. The molecule has 1 aromatic heterocycles. The average Bonchev–Trinajstić information content (AvgIpc) is 2.94. The van der Waals surface area contributed by atoms with Crippen LogP contribution in [0.3, 0.4) is 0 Å². The average molecular weight is 286 g/mol. The van der Waals surface area contributed by atoms with Crippen LogP contribution in [0.4, 0.5) is 5.69 Å². The number of ether oxygens (including phenoxy) is 1. The molecule has 1 heterocycles. The summed E-state index contributed by atoms with van der Waals surface area (Å²) in [7, 11) is 0. The lowest BCUT2D eigenvalue weighted by atomic mass is 10.2. The number of rotatable bonds is 7. The highest BCUT2D eigenvalue weighted by atomic mass is 16.5.